The molecule has 0 aliphatic carbocycles. The highest BCUT2D eigenvalue weighted by Crippen LogP contribution is 2.25. The molecule has 3 nitrogen and oxygen atoms in total. The standard InChI is InChI=1S/C16H15BrClNO2/c1-2-11-3-6-13(7-4-11)21-10-16(20)19-12-5-8-14(17)15(18)9-12/h3-9H,2,10H2,1H3,(H,19,20). The fourth-order valence-corrected chi connectivity index (χ4v) is 2.17. The summed E-state index contributed by atoms with van der Waals surface area (Å²) in [5.41, 5.74) is 1.87. The zero-order valence-corrected chi connectivity index (χ0v) is 13.9. The lowest BCUT2D eigenvalue weighted by atomic mass is 10.2. The number of carbonyl (C=O) groups is 1. The molecule has 0 fully saturated rings. The van der Waals surface area contributed by atoms with Crippen LogP contribution in [0, 0.1) is 0 Å². The summed E-state index contributed by atoms with van der Waals surface area (Å²) >= 11 is 9.27. The molecule has 0 radical (unpaired) electrons. The molecule has 2 rings (SSSR count). The average Bonchev–Trinajstić information content (AvgIpc) is 2.49. The van der Waals surface area contributed by atoms with Gasteiger partial charge in [-0.2, -0.15) is 0 Å². The van der Waals surface area contributed by atoms with Crippen molar-refractivity contribution in [3.8, 4) is 5.75 Å². The van der Waals surface area contributed by atoms with Gasteiger partial charge in [0.1, 0.15) is 5.75 Å². The highest BCUT2D eigenvalue weighted by atomic mass is 79.9. The van der Waals surface area contributed by atoms with Crippen LogP contribution in [0.2, 0.25) is 5.02 Å². The Balaban J connectivity index is 1.87. The zero-order valence-electron chi connectivity index (χ0n) is 11.5. The van der Waals surface area contributed by atoms with Crippen LogP contribution in [-0.2, 0) is 11.2 Å². The van der Waals surface area contributed by atoms with Crippen LogP contribution in [0.1, 0.15) is 12.5 Å². The predicted molar refractivity (Wildman–Crippen MR) is 89.1 cm³/mol. The molecule has 0 saturated carbocycles. The number of amides is 1. The Bertz CT molecular complexity index is 629. The minimum atomic E-state index is -0.229. The minimum Gasteiger partial charge on any atom is -0.484 e. The predicted octanol–water partition coefficient (Wildman–Crippen LogP) is 4.68. The van der Waals surface area contributed by atoms with Gasteiger partial charge in [-0.3, -0.25) is 4.79 Å². The number of aryl methyl sites for hydroxylation is 1. The van der Waals surface area contributed by atoms with E-state index < -0.39 is 0 Å². The fourth-order valence-electron chi connectivity index (χ4n) is 1.74. The summed E-state index contributed by atoms with van der Waals surface area (Å²) in [6.07, 6.45) is 0.977. The Morgan fingerprint density at radius 1 is 1.24 bits per heavy atom. The molecule has 2 aromatic rings. The van der Waals surface area contributed by atoms with Crippen LogP contribution in [0.3, 0.4) is 0 Å². The summed E-state index contributed by atoms with van der Waals surface area (Å²) in [7, 11) is 0. The minimum absolute atomic E-state index is 0.0425. The number of nitrogens with one attached hydrogen (secondary N) is 1. The third-order valence-corrected chi connectivity index (χ3v) is 4.14. The molecule has 2 aromatic carbocycles. The first kappa shape index (κ1) is 15.9. The molecular weight excluding hydrogens is 354 g/mol. The fraction of sp³-hybridized carbons (Fsp3) is 0.188. The lowest BCUT2D eigenvalue weighted by Crippen LogP contribution is -2.20. The lowest BCUT2D eigenvalue weighted by Gasteiger charge is -2.08. The maximum absolute atomic E-state index is 11.8. The Labute approximate surface area is 137 Å². The van der Waals surface area contributed by atoms with E-state index in [-0.39, 0.29) is 12.5 Å². The van der Waals surface area contributed by atoms with Crippen LogP contribution in [0.5, 0.6) is 5.75 Å². The van der Waals surface area contributed by atoms with E-state index in [0.29, 0.717) is 16.5 Å². The van der Waals surface area contributed by atoms with E-state index in [2.05, 4.69) is 28.2 Å². The molecule has 0 saturated heterocycles. The molecule has 5 heteroatoms. The summed E-state index contributed by atoms with van der Waals surface area (Å²) in [6, 6.07) is 12.9. The number of halogens is 2. The van der Waals surface area contributed by atoms with Gasteiger partial charge in [0.05, 0.1) is 5.02 Å². The molecule has 0 unspecified atom stereocenters. The molecule has 110 valence electrons. The van der Waals surface area contributed by atoms with Gasteiger partial charge in [0, 0.05) is 10.2 Å². The topological polar surface area (TPSA) is 38.3 Å². The molecule has 0 aromatic heterocycles. The summed E-state index contributed by atoms with van der Waals surface area (Å²) in [5.74, 6) is 0.448. The molecule has 0 aliphatic heterocycles. The van der Waals surface area contributed by atoms with E-state index in [4.69, 9.17) is 16.3 Å². The molecule has 21 heavy (non-hydrogen) atoms. The van der Waals surface area contributed by atoms with Gasteiger partial charge in [-0.25, -0.2) is 0 Å². The van der Waals surface area contributed by atoms with Crippen molar-refractivity contribution in [3.05, 3.63) is 57.5 Å². The molecule has 0 atom stereocenters. The lowest BCUT2D eigenvalue weighted by molar-refractivity contribution is -0.118. The largest absolute Gasteiger partial charge is 0.484 e. The summed E-state index contributed by atoms with van der Waals surface area (Å²) in [4.78, 5) is 11.8. The van der Waals surface area contributed by atoms with Gasteiger partial charge >= 0.3 is 0 Å². The van der Waals surface area contributed by atoms with Gasteiger partial charge in [0.25, 0.3) is 5.91 Å². The highest BCUT2D eigenvalue weighted by molar-refractivity contribution is 9.10. The molecule has 1 amide bonds. The summed E-state index contributed by atoms with van der Waals surface area (Å²) < 4.78 is 6.23. The van der Waals surface area contributed by atoms with Crippen molar-refractivity contribution in [2.45, 2.75) is 13.3 Å². The second kappa shape index (κ2) is 7.48. The Morgan fingerprint density at radius 3 is 2.57 bits per heavy atom. The normalized spacial score (nSPS) is 10.2. The van der Waals surface area contributed by atoms with Crippen LogP contribution >= 0.6 is 27.5 Å². The van der Waals surface area contributed by atoms with E-state index in [1.54, 1.807) is 18.2 Å². The van der Waals surface area contributed by atoms with Crippen molar-refractivity contribution >= 4 is 39.1 Å². The first-order valence-corrected chi connectivity index (χ1v) is 7.72. The van der Waals surface area contributed by atoms with Crippen molar-refractivity contribution in [2.24, 2.45) is 0 Å². The van der Waals surface area contributed by atoms with E-state index in [1.165, 1.54) is 5.56 Å². The van der Waals surface area contributed by atoms with Gasteiger partial charge < -0.3 is 10.1 Å². The number of hydrogen-bond donors (Lipinski definition) is 1. The van der Waals surface area contributed by atoms with E-state index >= 15 is 0 Å². The van der Waals surface area contributed by atoms with Crippen LogP contribution in [0.25, 0.3) is 0 Å². The SMILES string of the molecule is CCc1ccc(OCC(=O)Nc2ccc(Br)c(Cl)c2)cc1. The molecule has 0 heterocycles. The maximum atomic E-state index is 11.8. The van der Waals surface area contributed by atoms with Gasteiger partial charge in [-0.1, -0.05) is 30.7 Å². The van der Waals surface area contributed by atoms with Crippen molar-refractivity contribution in [2.75, 3.05) is 11.9 Å². The first-order valence-electron chi connectivity index (χ1n) is 6.55. The number of benzene rings is 2. The smallest absolute Gasteiger partial charge is 0.262 e. The number of hydrogen-bond acceptors (Lipinski definition) is 2. The highest BCUT2D eigenvalue weighted by Gasteiger charge is 2.05. The molecule has 1 N–H and O–H groups in total. The van der Waals surface area contributed by atoms with E-state index in [1.807, 2.05) is 24.3 Å². The number of carbonyl (C=O) groups excluding carboxylic acids is 1. The van der Waals surface area contributed by atoms with Gasteiger partial charge in [0.2, 0.25) is 0 Å². The van der Waals surface area contributed by atoms with Crippen molar-refractivity contribution in [3.63, 3.8) is 0 Å². The molecule has 0 aliphatic rings. The molecule has 0 bridgehead atoms. The third-order valence-electron chi connectivity index (χ3n) is 2.90. The van der Waals surface area contributed by atoms with Crippen LogP contribution in [0.4, 0.5) is 5.69 Å². The number of ether oxygens (including phenoxy) is 1. The zero-order chi connectivity index (χ0) is 15.2. The van der Waals surface area contributed by atoms with Crippen LogP contribution in [-0.4, -0.2) is 12.5 Å². The number of rotatable bonds is 5. The summed E-state index contributed by atoms with van der Waals surface area (Å²) in [5, 5.41) is 3.28. The second-order valence-corrected chi connectivity index (χ2v) is 5.72. The maximum Gasteiger partial charge on any atom is 0.262 e. The van der Waals surface area contributed by atoms with Gasteiger partial charge in [-0.05, 0) is 58.2 Å². The van der Waals surface area contributed by atoms with Crippen molar-refractivity contribution in [1.82, 2.24) is 0 Å². The quantitative estimate of drug-likeness (QED) is 0.832. The second-order valence-electron chi connectivity index (χ2n) is 4.46. The molecular formula is C16H15BrClNO2. The Kier molecular flexibility index (Phi) is 5.65. The van der Waals surface area contributed by atoms with Gasteiger partial charge in [0.15, 0.2) is 6.61 Å². The van der Waals surface area contributed by atoms with Gasteiger partial charge in [-0.15, -0.1) is 0 Å². The third kappa shape index (κ3) is 4.76. The first-order chi connectivity index (χ1) is 10.1. The average molecular weight is 369 g/mol. The van der Waals surface area contributed by atoms with Crippen molar-refractivity contribution < 1.29 is 9.53 Å². The summed E-state index contributed by atoms with van der Waals surface area (Å²) in [6.45, 7) is 2.05. The molecule has 0 spiro atoms. The van der Waals surface area contributed by atoms with Crippen LogP contribution in [0.15, 0.2) is 46.9 Å². The van der Waals surface area contributed by atoms with E-state index in [9.17, 15) is 4.79 Å². The van der Waals surface area contributed by atoms with Crippen LogP contribution < -0.4 is 10.1 Å². The monoisotopic (exact) mass is 367 g/mol. The number of anilines is 1. The van der Waals surface area contributed by atoms with Crippen molar-refractivity contribution in [1.29, 1.82) is 0 Å². The Morgan fingerprint density at radius 2 is 1.95 bits per heavy atom. The Hall–Kier alpha value is -1.52. The van der Waals surface area contributed by atoms with E-state index in [0.717, 1.165) is 10.9 Å².